The van der Waals surface area contributed by atoms with Gasteiger partial charge in [-0.25, -0.2) is 8.42 Å². The standard InChI is InChI=1S/C15H24N4O4S/c1-12(11-18-8-6-17(2)7-9-18)16-13-4-5-14(19(20)21)15(10-13)24(3,22)23/h4-5,10,12,16H,6-9,11H2,1-3H3. The average Bonchev–Trinajstić information content (AvgIpc) is 2.48. The highest BCUT2D eigenvalue weighted by molar-refractivity contribution is 7.90. The van der Waals surface area contributed by atoms with Crippen LogP contribution in [0.4, 0.5) is 11.4 Å². The van der Waals surface area contributed by atoms with Gasteiger partial charge in [-0.3, -0.25) is 15.0 Å². The zero-order chi connectivity index (χ0) is 17.9. The number of rotatable bonds is 6. The van der Waals surface area contributed by atoms with Crippen molar-refractivity contribution >= 4 is 21.2 Å². The summed E-state index contributed by atoms with van der Waals surface area (Å²) in [7, 11) is -1.57. The van der Waals surface area contributed by atoms with E-state index in [4.69, 9.17) is 0 Å². The highest BCUT2D eigenvalue weighted by Gasteiger charge is 2.23. The number of nitrogens with zero attached hydrogens (tertiary/aromatic N) is 3. The molecule has 8 nitrogen and oxygen atoms in total. The van der Waals surface area contributed by atoms with Crippen LogP contribution in [0.15, 0.2) is 23.1 Å². The van der Waals surface area contributed by atoms with Gasteiger partial charge in [-0.2, -0.15) is 0 Å². The van der Waals surface area contributed by atoms with Gasteiger partial charge in [0.2, 0.25) is 0 Å². The molecule has 1 unspecified atom stereocenters. The Morgan fingerprint density at radius 3 is 2.46 bits per heavy atom. The molecule has 1 heterocycles. The number of nitro benzene ring substituents is 1. The zero-order valence-electron chi connectivity index (χ0n) is 14.2. The molecule has 134 valence electrons. The van der Waals surface area contributed by atoms with Crippen LogP contribution in [0.5, 0.6) is 0 Å². The molecule has 1 aromatic rings. The molecule has 9 heteroatoms. The maximum absolute atomic E-state index is 11.8. The maximum Gasteiger partial charge on any atom is 0.288 e. The molecule has 1 aliphatic heterocycles. The van der Waals surface area contributed by atoms with Gasteiger partial charge in [0.1, 0.15) is 4.90 Å². The van der Waals surface area contributed by atoms with Crippen LogP contribution in [-0.4, -0.2) is 75.2 Å². The topological polar surface area (TPSA) is 95.8 Å². The van der Waals surface area contributed by atoms with E-state index < -0.39 is 20.4 Å². The van der Waals surface area contributed by atoms with Crippen molar-refractivity contribution in [1.29, 1.82) is 0 Å². The van der Waals surface area contributed by atoms with Gasteiger partial charge in [-0.1, -0.05) is 0 Å². The summed E-state index contributed by atoms with van der Waals surface area (Å²) >= 11 is 0. The summed E-state index contributed by atoms with van der Waals surface area (Å²) in [6, 6.07) is 4.23. The maximum atomic E-state index is 11.8. The lowest BCUT2D eigenvalue weighted by Gasteiger charge is -2.34. The number of nitrogens with one attached hydrogen (secondary N) is 1. The zero-order valence-corrected chi connectivity index (χ0v) is 15.0. The molecular weight excluding hydrogens is 332 g/mol. The summed E-state index contributed by atoms with van der Waals surface area (Å²) in [4.78, 5) is 14.7. The summed E-state index contributed by atoms with van der Waals surface area (Å²) in [6.07, 6.45) is 0.979. The first-order chi connectivity index (χ1) is 11.2. The largest absolute Gasteiger partial charge is 0.381 e. The van der Waals surface area contributed by atoms with E-state index in [1.54, 1.807) is 6.07 Å². The van der Waals surface area contributed by atoms with E-state index in [0.717, 1.165) is 39.0 Å². The van der Waals surface area contributed by atoms with Crippen LogP contribution in [-0.2, 0) is 9.84 Å². The lowest BCUT2D eigenvalue weighted by Crippen LogP contribution is -2.47. The molecule has 0 amide bonds. The third-order valence-corrected chi connectivity index (χ3v) is 5.22. The fourth-order valence-corrected chi connectivity index (χ4v) is 3.66. The second-order valence-electron chi connectivity index (χ2n) is 6.36. The van der Waals surface area contributed by atoms with Crippen molar-refractivity contribution in [2.24, 2.45) is 0 Å². The van der Waals surface area contributed by atoms with Crippen LogP contribution in [0.2, 0.25) is 0 Å². The predicted octanol–water partition coefficient (Wildman–Crippen LogP) is 1.05. The molecule has 1 saturated heterocycles. The molecule has 1 N–H and O–H groups in total. The minimum absolute atomic E-state index is 0.0993. The molecule has 0 aliphatic carbocycles. The number of benzene rings is 1. The van der Waals surface area contributed by atoms with Crippen molar-refractivity contribution in [2.45, 2.75) is 17.9 Å². The SMILES string of the molecule is CC(CN1CCN(C)CC1)Nc1ccc([N+](=O)[O-])c(S(C)(=O)=O)c1. The van der Waals surface area contributed by atoms with E-state index in [-0.39, 0.29) is 10.9 Å². The Balaban J connectivity index is 2.08. The highest BCUT2D eigenvalue weighted by Crippen LogP contribution is 2.27. The first-order valence-corrected chi connectivity index (χ1v) is 9.72. The van der Waals surface area contributed by atoms with Crippen molar-refractivity contribution in [2.75, 3.05) is 51.3 Å². The Kier molecular flexibility index (Phi) is 5.79. The Bertz CT molecular complexity index is 699. The Labute approximate surface area is 142 Å². The van der Waals surface area contributed by atoms with E-state index in [0.29, 0.717) is 5.69 Å². The summed E-state index contributed by atoms with van der Waals surface area (Å²) < 4.78 is 23.6. The van der Waals surface area contributed by atoms with Crippen molar-refractivity contribution in [3.05, 3.63) is 28.3 Å². The van der Waals surface area contributed by atoms with E-state index in [2.05, 4.69) is 22.2 Å². The Morgan fingerprint density at radius 1 is 1.29 bits per heavy atom. The number of nitro groups is 1. The first-order valence-electron chi connectivity index (χ1n) is 7.83. The van der Waals surface area contributed by atoms with Crippen LogP contribution in [0.1, 0.15) is 6.92 Å². The normalized spacial score (nSPS) is 18.3. The van der Waals surface area contributed by atoms with E-state index in [1.807, 2.05) is 6.92 Å². The second kappa shape index (κ2) is 7.45. The molecule has 0 saturated carbocycles. The minimum atomic E-state index is -3.67. The van der Waals surface area contributed by atoms with Crippen LogP contribution in [0, 0.1) is 10.1 Å². The van der Waals surface area contributed by atoms with Crippen LogP contribution in [0.25, 0.3) is 0 Å². The third-order valence-electron chi connectivity index (χ3n) is 4.10. The number of anilines is 1. The number of hydrogen-bond donors (Lipinski definition) is 1. The van der Waals surface area contributed by atoms with Gasteiger partial charge >= 0.3 is 0 Å². The number of likely N-dealkylation sites (N-methyl/N-ethyl adjacent to an activating group) is 1. The van der Waals surface area contributed by atoms with Gasteiger partial charge in [0.25, 0.3) is 5.69 Å². The quantitative estimate of drug-likeness (QED) is 0.601. The van der Waals surface area contributed by atoms with Gasteiger partial charge in [0.15, 0.2) is 9.84 Å². The Hall–Kier alpha value is -1.71. The summed E-state index contributed by atoms with van der Waals surface area (Å²) in [5, 5.41) is 14.2. The number of sulfone groups is 1. The lowest BCUT2D eigenvalue weighted by atomic mass is 10.2. The summed E-state index contributed by atoms with van der Waals surface area (Å²) in [6.45, 7) is 6.90. The third kappa shape index (κ3) is 4.89. The smallest absolute Gasteiger partial charge is 0.288 e. The molecular formula is C15H24N4O4S. The van der Waals surface area contributed by atoms with Crippen molar-refractivity contribution < 1.29 is 13.3 Å². The molecule has 0 aromatic heterocycles. The molecule has 0 spiro atoms. The van der Waals surface area contributed by atoms with Gasteiger partial charge in [0.05, 0.1) is 4.92 Å². The van der Waals surface area contributed by atoms with Gasteiger partial charge in [0, 0.05) is 56.8 Å². The van der Waals surface area contributed by atoms with Gasteiger partial charge < -0.3 is 10.2 Å². The Morgan fingerprint density at radius 2 is 1.92 bits per heavy atom. The summed E-state index contributed by atoms with van der Waals surface area (Å²) in [5.41, 5.74) is 0.178. The minimum Gasteiger partial charge on any atom is -0.381 e. The molecule has 24 heavy (non-hydrogen) atoms. The predicted molar refractivity (Wildman–Crippen MR) is 93.2 cm³/mol. The summed E-state index contributed by atoms with van der Waals surface area (Å²) in [5.74, 6) is 0. The van der Waals surface area contributed by atoms with Crippen LogP contribution in [0.3, 0.4) is 0 Å². The molecule has 0 bridgehead atoms. The van der Waals surface area contributed by atoms with Crippen LogP contribution >= 0.6 is 0 Å². The molecule has 1 fully saturated rings. The van der Waals surface area contributed by atoms with Crippen molar-refractivity contribution in [3.63, 3.8) is 0 Å². The monoisotopic (exact) mass is 356 g/mol. The fourth-order valence-electron chi connectivity index (χ4n) is 2.80. The average molecular weight is 356 g/mol. The molecule has 1 aromatic carbocycles. The lowest BCUT2D eigenvalue weighted by molar-refractivity contribution is -0.387. The second-order valence-corrected chi connectivity index (χ2v) is 8.35. The van der Waals surface area contributed by atoms with E-state index in [9.17, 15) is 18.5 Å². The first kappa shape index (κ1) is 18.6. The van der Waals surface area contributed by atoms with Crippen LogP contribution < -0.4 is 5.32 Å². The highest BCUT2D eigenvalue weighted by atomic mass is 32.2. The van der Waals surface area contributed by atoms with Gasteiger partial charge in [-0.05, 0) is 26.1 Å². The number of hydrogen-bond acceptors (Lipinski definition) is 7. The fraction of sp³-hybridized carbons (Fsp3) is 0.600. The molecule has 1 aliphatic rings. The van der Waals surface area contributed by atoms with Gasteiger partial charge in [-0.15, -0.1) is 0 Å². The van der Waals surface area contributed by atoms with Crippen molar-refractivity contribution in [3.8, 4) is 0 Å². The number of piperazine rings is 1. The molecule has 2 rings (SSSR count). The van der Waals surface area contributed by atoms with Crippen molar-refractivity contribution in [1.82, 2.24) is 9.80 Å². The van der Waals surface area contributed by atoms with E-state index in [1.165, 1.54) is 12.1 Å². The molecule has 1 atom stereocenters. The van der Waals surface area contributed by atoms with E-state index >= 15 is 0 Å². The molecule has 0 radical (unpaired) electrons.